The van der Waals surface area contributed by atoms with Crippen molar-refractivity contribution in [2.45, 2.75) is 0 Å². The molecule has 0 amide bonds. The molecule has 3 aromatic heterocycles. The third-order valence-corrected chi connectivity index (χ3v) is 5.69. The van der Waals surface area contributed by atoms with Gasteiger partial charge in [-0.3, -0.25) is 9.36 Å². The van der Waals surface area contributed by atoms with Crippen LogP contribution >= 0.6 is 11.3 Å². The van der Waals surface area contributed by atoms with Crippen molar-refractivity contribution in [2.24, 2.45) is 0 Å². The summed E-state index contributed by atoms with van der Waals surface area (Å²) in [5, 5.41) is 0.568. The average Bonchev–Trinajstić information content (AvgIpc) is 3.25. The number of halogens is 1. The van der Waals surface area contributed by atoms with Crippen LogP contribution in [0.15, 0.2) is 71.8 Å². The molecule has 31 heavy (non-hydrogen) atoms. The van der Waals surface area contributed by atoms with Gasteiger partial charge < -0.3 is 4.74 Å². The zero-order valence-electron chi connectivity index (χ0n) is 16.2. The summed E-state index contributed by atoms with van der Waals surface area (Å²) in [4.78, 5) is 30.9. The molecule has 0 bridgehead atoms. The summed E-state index contributed by atoms with van der Waals surface area (Å²) in [6.45, 7) is 0. The van der Waals surface area contributed by atoms with Gasteiger partial charge in [0, 0.05) is 23.5 Å². The molecule has 0 spiro atoms. The van der Waals surface area contributed by atoms with E-state index in [1.807, 2.05) is 30.3 Å². The first kappa shape index (κ1) is 19.0. The van der Waals surface area contributed by atoms with Crippen LogP contribution in [0.5, 0.6) is 6.01 Å². The number of benzene rings is 2. The van der Waals surface area contributed by atoms with Gasteiger partial charge in [-0.15, -0.1) is 11.3 Å². The molecule has 2 aromatic carbocycles. The second-order valence-electron chi connectivity index (χ2n) is 6.55. The molecule has 7 nitrogen and oxygen atoms in total. The van der Waals surface area contributed by atoms with E-state index in [2.05, 4.69) is 19.9 Å². The van der Waals surface area contributed by atoms with E-state index in [0.717, 1.165) is 5.56 Å². The molecule has 0 aliphatic heterocycles. The maximum atomic E-state index is 13.5. The number of fused-ring (bicyclic) bond motifs is 1. The van der Waals surface area contributed by atoms with Crippen molar-refractivity contribution in [1.29, 1.82) is 0 Å². The first-order valence-electron chi connectivity index (χ1n) is 9.25. The smallest absolute Gasteiger partial charge is 0.316 e. The summed E-state index contributed by atoms with van der Waals surface area (Å²) < 4.78 is 20.3. The van der Waals surface area contributed by atoms with Crippen LogP contribution < -0.4 is 10.3 Å². The molecule has 0 atom stereocenters. The molecule has 0 aliphatic rings. The highest BCUT2D eigenvalue weighted by atomic mass is 32.1. The normalized spacial score (nSPS) is 11.0. The van der Waals surface area contributed by atoms with Crippen LogP contribution in [-0.2, 0) is 0 Å². The molecule has 5 rings (SSSR count). The fourth-order valence-corrected chi connectivity index (χ4v) is 4.05. The van der Waals surface area contributed by atoms with E-state index in [1.54, 1.807) is 24.5 Å². The minimum absolute atomic E-state index is 0.244. The summed E-state index contributed by atoms with van der Waals surface area (Å²) in [5.74, 6) is 0.0409. The molecule has 0 N–H and O–H groups in total. The molecule has 0 fully saturated rings. The Bertz CT molecular complexity index is 1430. The van der Waals surface area contributed by atoms with Crippen LogP contribution in [0.2, 0.25) is 0 Å². The highest BCUT2D eigenvalue weighted by molar-refractivity contribution is 7.21. The summed E-state index contributed by atoms with van der Waals surface area (Å²) in [6, 6.07) is 15.3. The number of methoxy groups -OCH3 is 1. The first-order chi connectivity index (χ1) is 15.1. The monoisotopic (exact) mass is 431 g/mol. The quantitative estimate of drug-likeness (QED) is 0.426. The van der Waals surface area contributed by atoms with Crippen LogP contribution in [0.3, 0.4) is 0 Å². The Kier molecular flexibility index (Phi) is 4.72. The predicted molar refractivity (Wildman–Crippen MR) is 116 cm³/mol. The van der Waals surface area contributed by atoms with Crippen molar-refractivity contribution >= 4 is 21.7 Å². The van der Waals surface area contributed by atoms with Crippen molar-refractivity contribution in [3.05, 3.63) is 83.2 Å². The van der Waals surface area contributed by atoms with Gasteiger partial charge in [0.1, 0.15) is 21.3 Å². The van der Waals surface area contributed by atoms with E-state index < -0.39 is 0 Å². The van der Waals surface area contributed by atoms with Gasteiger partial charge in [-0.25, -0.2) is 24.3 Å². The van der Waals surface area contributed by atoms with Crippen LogP contribution in [0, 0.1) is 5.82 Å². The Morgan fingerprint density at radius 3 is 2.32 bits per heavy atom. The van der Waals surface area contributed by atoms with E-state index in [-0.39, 0.29) is 17.4 Å². The number of hydrogen-bond acceptors (Lipinski definition) is 7. The topological polar surface area (TPSA) is 82.8 Å². The van der Waals surface area contributed by atoms with Crippen molar-refractivity contribution in [3.63, 3.8) is 0 Å². The second kappa shape index (κ2) is 7.69. The first-order valence-corrected chi connectivity index (χ1v) is 10.1. The van der Waals surface area contributed by atoms with E-state index >= 15 is 0 Å². The molecular formula is C22H14FN5O2S. The van der Waals surface area contributed by atoms with Gasteiger partial charge >= 0.3 is 6.01 Å². The minimum atomic E-state index is -0.383. The van der Waals surface area contributed by atoms with Gasteiger partial charge in [-0.05, 0) is 24.3 Å². The summed E-state index contributed by atoms with van der Waals surface area (Å²) in [6.07, 6.45) is 3.17. The molecule has 0 radical (unpaired) electrons. The lowest BCUT2D eigenvalue weighted by Gasteiger charge is -2.12. The van der Waals surface area contributed by atoms with E-state index in [9.17, 15) is 9.18 Å². The van der Waals surface area contributed by atoms with Gasteiger partial charge in [0.2, 0.25) is 0 Å². The summed E-state index contributed by atoms with van der Waals surface area (Å²) >= 11 is 1.20. The van der Waals surface area contributed by atoms with Crippen molar-refractivity contribution in [3.8, 4) is 33.7 Å². The lowest BCUT2D eigenvalue weighted by Crippen LogP contribution is -2.21. The summed E-state index contributed by atoms with van der Waals surface area (Å²) in [7, 11) is 1.49. The standard InChI is InChI=1S/C22H14FN5O2S/c1-30-22-24-11-14(12-25-22)20-27-18-17(31-20)21(29)28(16-9-7-15(23)8-10-16)19(26-18)13-5-3-2-4-6-13/h2-12H,1H3. The number of aromatic nitrogens is 5. The van der Waals surface area contributed by atoms with Gasteiger partial charge in [0.25, 0.3) is 5.56 Å². The van der Waals surface area contributed by atoms with Gasteiger partial charge in [0.15, 0.2) is 5.65 Å². The van der Waals surface area contributed by atoms with Crippen LogP contribution in [0.25, 0.3) is 38.0 Å². The van der Waals surface area contributed by atoms with E-state index in [1.165, 1.54) is 35.1 Å². The molecule has 3 heterocycles. The Balaban J connectivity index is 1.76. The van der Waals surface area contributed by atoms with Crippen molar-refractivity contribution in [2.75, 3.05) is 7.11 Å². The number of thiazole rings is 1. The molecule has 152 valence electrons. The fraction of sp³-hybridized carbons (Fsp3) is 0.0455. The number of hydrogen-bond donors (Lipinski definition) is 0. The molecule has 0 unspecified atom stereocenters. The number of nitrogens with zero attached hydrogens (tertiary/aromatic N) is 5. The zero-order valence-corrected chi connectivity index (χ0v) is 17.0. The van der Waals surface area contributed by atoms with E-state index in [4.69, 9.17) is 4.74 Å². The lowest BCUT2D eigenvalue weighted by atomic mass is 10.2. The highest BCUT2D eigenvalue weighted by Gasteiger charge is 2.19. The summed E-state index contributed by atoms with van der Waals surface area (Å²) in [5.41, 5.74) is 1.96. The SMILES string of the molecule is COc1ncc(-c2nc3nc(-c4ccccc4)n(-c4ccc(F)cc4)c(=O)c3s2)cn1. The second-order valence-corrected chi connectivity index (χ2v) is 7.55. The molecule has 9 heteroatoms. The average molecular weight is 431 g/mol. The number of rotatable bonds is 4. The maximum Gasteiger partial charge on any atom is 0.316 e. The zero-order chi connectivity index (χ0) is 21.4. The van der Waals surface area contributed by atoms with Crippen molar-refractivity contribution < 1.29 is 9.13 Å². The highest BCUT2D eigenvalue weighted by Crippen LogP contribution is 2.29. The largest absolute Gasteiger partial charge is 0.467 e. The molecule has 5 aromatic rings. The van der Waals surface area contributed by atoms with Crippen LogP contribution in [-0.4, -0.2) is 31.6 Å². The molecule has 0 saturated carbocycles. The Morgan fingerprint density at radius 1 is 0.935 bits per heavy atom. The third kappa shape index (κ3) is 3.44. The minimum Gasteiger partial charge on any atom is -0.467 e. The maximum absolute atomic E-state index is 13.5. The third-order valence-electron chi connectivity index (χ3n) is 4.60. The predicted octanol–water partition coefficient (Wildman–Crippen LogP) is 4.11. The van der Waals surface area contributed by atoms with Crippen LogP contribution in [0.1, 0.15) is 0 Å². The van der Waals surface area contributed by atoms with Crippen molar-refractivity contribution in [1.82, 2.24) is 24.5 Å². The number of ether oxygens (including phenoxy) is 1. The van der Waals surface area contributed by atoms with Gasteiger partial charge in [-0.2, -0.15) is 0 Å². The van der Waals surface area contributed by atoms with Gasteiger partial charge in [-0.1, -0.05) is 30.3 Å². The molecule has 0 saturated heterocycles. The Hall–Kier alpha value is -3.98. The van der Waals surface area contributed by atoms with Gasteiger partial charge in [0.05, 0.1) is 12.8 Å². The Labute approximate surface area is 179 Å². The fourth-order valence-electron chi connectivity index (χ4n) is 3.14. The lowest BCUT2D eigenvalue weighted by molar-refractivity contribution is 0.380. The Morgan fingerprint density at radius 2 is 1.65 bits per heavy atom. The van der Waals surface area contributed by atoms with E-state index in [0.29, 0.717) is 32.4 Å². The molecule has 0 aliphatic carbocycles. The van der Waals surface area contributed by atoms with Crippen LogP contribution in [0.4, 0.5) is 4.39 Å². The molecular weight excluding hydrogens is 417 g/mol.